The van der Waals surface area contributed by atoms with Gasteiger partial charge in [-0.1, -0.05) is 18.7 Å². The first-order chi connectivity index (χ1) is 11.6. The van der Waals surface area contributed by atoms with Crippen LogP contribution in [-0.4, -0.2) is 49.7 Å². The molecule has 132 valence electrons. The number of carbonyl (C=O) groups excluding carboxylic acids is 1. The van der Waals surface area contributed by atoms with Gasteiger partial charge in [0, 0.05) is 6.61 Å². The van der Waals surface area contributed by atoms with Gasteiger partial charge in [0.05, 0.1) is 32.0 Å². The molecule has 2 rings (SSSR count). The van der Waals surface area contributed by atoms with Gasteiger partial charge in [-0.25, -0.2) is 4.79 Å². The Kier molecular flexibility index (Phi) is 6.78. The van der Waals surface area contributed by atoms with Crippen LogP contribution in [0.15, 0.2) is 36.4 Å². The van der Waals surface area contributed by atoms with Crippen LogP contribution in [0.5, 0.6) is 5.75 Å². The number of aliphatic hydroxyl groups excluding tert-OH is 1. The first kappa shape index (κ1) is 18.4. The van der Waals surface area contributed by atoms with Crippen LogP contribution in [0.2, 0.25) is 0 Å². The van der Waals surface area contributed by atoms with Crippen LogP contribution in [0.1, 0.15) is 18.9 Å². The van der Waals surface area contributed by atoms with Gasteiger partial charge in [-0.2, -0.15) is 0 Å². The van der Waals surface area contributed by atoms with Gasteiger partial charge in [0.1, 0.15) is 18.0 Å². The fourth-order valence-electron chi connectivity index (χ4n) is 2.32. The van der Waals surface area contributed by atoms with E-state index >= 15 is 0 Å². The minimum absolute atomic E-state index is 0.0310. The number of aliphatic hydroxyl groups is 1. The second kappa shape index (κ2) is 8.82. The third-order valence-electron chi connectivity index (χ3n) is 3.80. The van der Waals surface area contributed by atoms with Crippen molar-refractivity contribution in [2.75, 3.05) is 20.3 Å². The molecule has 1 N–H and O–H groups in total. The maximum absolute atomic E-state index is 11.5. The molecule has 1 aliphatic heterocycles. The number of esters is 1. The Balaban J connectivity index is 1.64. The molecule has 0 spiro atoms. The van der Waals surface area contributed by atoms with E-state index in [0.717, 1.165) is 11.3 Å². The summed E-state index contributed by atoms with van der Waals surface area (Å²) in [6, 6.07) is 7.66. The Bertz CT molecular complexity index is 553. The molecule has 1 saturated heterocycles. The molecule has 6 nitrogen and oxygen atoms in total. The Morgan fingerprint density at radius 1 is 1.38 bits per heavy atom. The summed E-state index contributed by atoms with van der Waals surface area (Å²) in [6.45, 7) is 6.53. The summed E-state index contributed by atoms with van der Waals surface area (Å²) in [7, 11) is 1.63. The highest BCUT2D eigenvalue weighted by Gasteiger charge is 2.46. The lowest BCUT2D eigenvalue weighted by atomic mass is 10.1. The summed E-state index contributed by atoms with van der Waals surface area (Å²) < 4.78 is 20.9. The predicted molar refractivity (Wildman–Crippen MR) is 87.7 cm³/mol. The summed E-state index contributed by atoms with van der Waals surface area (Å²) in [5.41, 5.74) is 1.09. The van der Waals surface area contributed by atoms with Crippen molar-refractivity contribution in [3.05, 3.63) is 42.0 Å². The molecular weight excluding hydrogens is 312 g/mol. The minimum atomic E-state index is -1.03. The number of hydrogen-bond donors (Lipinski definition) is 1. The van der Waals surface area contributed by atoms with E-state index in [2.05, 4.69) is 6.58 Å². The second-order valence-electron chi connectivity index (χ2n) is 5.52. The van der Waals surface area contributed by atoms with Crippen molar-refractivity contribution in [3.8, 4) is 5.75 Å². The average molecular weight is 336 g/mol. The Morgan fingerprint density at radius 3 is 2.71 bits per heavy atom. The van der Waals surface area contributed by atoms with E-state index in [-0.39, 0.29) is 18.3 Å². The summed E-state index contributed by atoms with van der Waals surface area (Å²) in [5.74, 6) is 0.221. The molecule has 3 atom stereocenters. The maximum atomic E-state index is 11.5. The molecule has 0 unspecified atom stereocenters. The fraction of sp³-hybridized carbons (Fsp3) is 0.500. The van der Waals surface area contributed by atoms with E-state index in [0.29, 0.717) is 19.6 Å². The molecule has 1 fully saturated rings. The summed E-state index contributed by atoms with van der Waals surface area (Å²) >= 11 is 0. The molecule has 0 aliphatic carbocycles. The minimum Gasteiger partial charge on any atom is -0.497 e. The van der Waals surface area contributed by atoms with Crippen molar-refractivity contribution in [1.82, 2.24) is 0 Å². The smallest absolute Gasteiger partial charge is 0.336 e. The van der Waals surface area contributed by atoms with Gasteiger partial charge in [-0.15, -0.1) is 0 Å². The van der Waals surface area contributed by atoms with Crippen LogP contribution in [0.3, 0.4) is 0 Å². The summed E-state index contributed by atoms with van der Waals surface area (Å²) in [6.07, 6.45) is -0.919. The molecule has 0 bridgehead atoms. The number of hydrogen-bond acceptors (Lipinski definition) is 6. The summed E-state index contributed by atoms with van der Waals surface area (Å²) in [4.78, 5) is 11.5. The van der Waals surface area contributed by atoms with Gasteiger partial charge in [0.15, 0.2) is 0 Å². The van der Waals surface area contributed by atoms with Gasteiger partial charge >= 0.3 is 5.97 Å². The van der Waals surface area contributed by atoms with Crippen molar-refractivity contribution in [2.45, 2.75) is 38.3 Å². The monoisotopic (exact) mass is 336 g/mol. The highest BCUT2D eigenvalue weighted by molar-refractivity contribution is 5.89. The van der Waals surface area contributed by atoms with Crippen molar-refractivity contribution in [1.29, 1.82) is 0 Å². The first-order valence-electron chi connectivity index (χ1n) is 7.97. The molecule has 1 heterocycles. The van der Waals surface area contributed by atoms with E-state index in [4.69, 9.17) is 18.9 Å². The number of rotatable bonds is 10. The van der Waals surface area contributed by atoms with Crippen molar-refractivity contribution in [3.63, 3.8) is 0 Å². The van der Waals surface area contributed by atoms with Crippen LogP contribution in [0, 0.1) is 0 Å². The molecule has 0 amide bonds. The standard InChI is InChI=1S/C18H24O6/c1-4-23-18(20)12(2)16(19)17-15(24-17)9-10-22-11-13-5-7-14(21-3)8-6-13/h5-8,15-17,19H,2,4,9-11H2,1,3H3/t15-,16-,17+/m0/s1. The molecule has 0 radical (unpaired) electrons. The van der Waals surface area contributed by atoms with E-state index in [1.807, 2.05) is 24.3 Å². The third-order valence-corrected chi connectivity index (χ3v) is 3.80. The molecule has 1 aromatic carbocycles. The molecule has 1 aromatic rings. The topological polar surface area (TPSA) is 77.5 Å². The van der Waals surface area contributed by atoms with E-state index < -0.39 is 18.2 Å². The van der Waals surface area contributed by atoms with E-state index in [1.165, 1.54) is 0 Å². The fourth-order valence-corrected chi connectivity index (χ4v) is 2.32. The quantitative estimate of drug-likeness (QED) is 0.304. The van der Waals surface area contributed by atoms with Gasteiger partial charge in [0.25, 0.3) is 0 Å². The first-order valence-corrected chi connectivity index (χ1v) is 7.97. The van der Waals surface area contributed by atoms with Crippen molar-refractivity contribution >= 4 is 5.97 Å². The van der Waals surface area contributed by atoms with Gasteiger partial charge in [-0.3, -0.25) is 0 Å². The third kappa shape index (κ3) is 5.06. The number of benzene rings is 1. The predicted octanol–water partition coefficient (Wildman–Crippen LogP) is 1.85. The molecule has 24 heavy (non-hydrogen) atoms. The van der Waals surface area contributed by atoms with E-state index in [9.17, 15) is 9.90 Å². The van der Waals surface area contributed by atoms with Crippen LogP contribution in [-0.2, 0) is 25.6 Å². The number of ether oxygens (including phenoxy) is 4. The van der Waals surface area contributed by atoms with Crippen molar-refractivity contribution in [2.24, 2.45) is 0 Å². The molecule has 0 aromatic heterocycles. The van der Waals surface area contributed by atoms with Crippen molar-refractivity contribution < 1.29 is 28.8 Å². The Morgan fingerprint density at radius 2 is 2.08 bits per heavy atom. The number of methoxy groups -OCH3 is 1. The number of epoxide rings is 1. The molecular formula is C18H24O6. The molecule has 0 saturated carbocycles. The Labute approximate surface area is 142 Å². The SMILES string of the molecule is C=C(C(=O)OCC)[C@H](O)[C@@H]1O[C@H]1CCOCc1ccc(OC)cc1. The lowest BCUT2D eigenvalue weighted by Gasteiger charge is -2.10. The Hall–Kier alpha value is -1.89. The van der Waals surface area contributed by atoms with Gasteiger partial charge in [-0.05, 0) is 31.0 Å². The maximum Gasteiger partial charge on any atom is 0.336 e. The largest absolute Gasteiger partial charge is 0.497 e. The number of carbonyl (C=O) groups is 1. The summed E-state index contributed by atoms with van der Waals surface area (Å²) in [5, 5.41) is 10.0. The van der Waals surface area contributed by atoms with E-state index in [1.54, 1.807) is 14.0 Å². The van der Waals surface area contributed by atoms with Crippen LogP contribution in [0.4, 0.5) is 0 Å². The van der Waals surface area contributed by atoms with Crippen LogP contribution in [0.25, 0.3) is 0 Å². The zero-order chi connectivity index (χ0) is 17.5. The zero-order valence-corrected chi connectivity index (χ0v) is 14.1. The molecule has 1 aliphatic rings. The zero-order valence-electron chi connectivity index (χ0n) is 14.1. The normalized spacial score (nSPS) is 20.3. The highest BCUT2D eigenvalue weighted by atomic mass is 16.6. The average Bonchev–Trinajstić information content (AvgIpc) is 3.37. The lowest BCUT2D eigenvalue weighted by molar-refractivity contribution is -0.139. The van der Waals surface area contributed by atoms with Crippen LogP contribution < -0.4 is 4.74 Å². The highest BCUT2D eigenvalue weighted by Crippen LogP contribution is 2.31. The van der Waals surface area contributed by atoms with Gasteiger partial charge < -0.3 is 24.1 Å². The second-order valence-corrected chi connectivity index (χ2v) is 5.52. The van der Waals surface area contributed by atoms with Crippen LogP contribution >= 0.6 is 0 Å². The molecule has 6 heteroatoms. The van der Waals surface area contributed by atoms with Gasteiger partial charge in [0.2, 0.25) is 0 Å². The lowest BCUT2D eigenvalue weighted by Crippen LogP contribution is -2.25.